The van der Waals surface area contributed by atoms with Crippen LogP contribution in [0.2, 0.25) is 0 Å². The van der Waals surface area contributed by atoms with Crippen LogP contribution in [-0.4, -0.2) is 28.0 Å². The predicted molar refractivity (Wildman–Crippen MR) is 114 cm³/mol. The summed E-state index contributed by atoms with van der Waals surface area (Å²) < 4.78 is 6.47. The number of esters is 1. The van der Waals surface area contributed by atoms with Gasteiger partial charge in [0.2, 0.25) is 5.91 Å². The normalized spacial score (nSPS) is 10.7. The standard InChI is InChI=1S/C21H21N3O4S/c1-5-9-28-20(27)19-14(4)22-21(29-19)23-16(25)11-24-17(26)10-13(3)15-8-6-7-12(2)18(15)24/h5-8,10H,1,9,11H2,2-4H3,(H,22,23,25). The molecule has 7 nitrogen and oxygen atoms in total. The number of rotatable bonds is 6. The first kappa shape index (κ1) is 20.5. The van der Waals surface area contributed by atoms with Crippen LogP contribution >= 0.6 is 11.3 Å². The summed E-state index contributed by atoms with van der Waals surface area (Å²) in [6.45, 7) is 8.88. The maximum Gasteiger partial charge on any atom is 0.350 e. The molecule has 3 aromatic rings. The lowest BCUT2D eigenvalue weighted by Gasteiger charge is -2.13. The van der Waals surface area contributed by atoms with Crippen molar-refractivity contribution < 1.29 is 14.3 Å². The lowest BCUT2D eigenvalue weighted by molar-refractivity contribution is -0.116. The number of fused-ring (bicyclic) bond motifs is 1. The van der Waals surface area contributed by atoms with Crippen molar-refractivity contribution in [1.82, 2.24) is 9.55 Å². The van der Waals surface area contributed by atoms with Crippen LogP contribution in [0.25, 0.3) is 10.9 Å². The highest BCUT2D eigenvalue weighted by molar-refractivity contribution is 7.17. The van der Waals surface area contributed by atoms with E-state index < -0.39 is 11.9 Å². The van der Waals surface area contributed by atoms with Gasteiger partial charge in [0.05, 0.1) is 11.2 Å². The Labute approximate surface area is 171 Å². The smallest absolute Gasteiger partial charge is 0.350 e. The third kappa shape index (κ3) is 4.27. The number of carbonyl (C=O) groups is 2. The second kappa shape index (κ2) is 8.40. The summed E-state index contributed by atoms with van der Waals surface area (Å²) in [4.78, 5) is 41.7. The monoisotopic (exact) mass is 411 g/mol. The van der Waals surface area contributed by atoms with E-state index >= 15 is 0 Å². The SMILES string of the molecule is C=CCOC(=O)c1sc(NC(=O)Cn2c(=O)cc(C)c3cccc(C)c32)nc1C. The average Bonchev–Trinajstić information content (AvgIpc) is 3.03. The van der Waals surface area contributed by atoms with Crippen molar-refractivity contribution in [3.05, 3.63) is 69.0 Å². The van der Waals surface area contributed by atoms with Gasteiger partial charge < -0.3 is 10.1 Å². The fourth-order valence-electron chi connectivity index (χ4n) is 3.09. The Balaban J connectivity index is 1.85. The van der Waals surface area contributed by atoms with Gasteiger partial charge in [0.15, 0.2) is 5.13 Å². The molecule has 1 amide bonds. The molecule has 0 aliphatic rings. The Morgan fingerprint density at radius 3 is 2.76 bits per heavy atom. The Bertz CT molecular complexity index is 1180. The van der Waals surface area contributed by atoms with Crippen molar-refractivity contribution in [2.24, 2.45) is 0 Å². The van der Waals surface area contributed by atoms with Gasteiger partial charge in [0, 0.05) is 11.5 Å². The molecule has 150 valence electrons. The zero-order valence-electron chi connectivity index (χ0n) is 16.4. The minimum absolute atomic E-state index is 0.0978. The second-order valence-corrected chi connectivity index (χ2v) is 7.59. The molecule has 0 fully saturated rings. The number of aryl methyl sites for hydroxylation is 3. The zero-order chi connectivity index (χ0) is 21.1. The number of benzene rings is 1. The minimum Gasteiger partial charge on any atom is -0.457 e. The number of pyridine rings is 1. The number of para-hydroxylation sites is 1. The second-order valence-electron chi connectivity index (χ2n) is 6.59. The van der Waals surface area contributed by atoms with Crippen LogP contribution in [0.1, 0.15) is 26.5 Å². The van der Waals surface area contributed by atoms with Gasteiger partial charge in [0.1, 0.15) is 18.0 Å². The molecule has 1 N–H and O–H groups in total. The topological polar surface area (TPSA) is 90.3 Å². The molecule has 0 atom stereocenters. The summed E-state index contributed by atoms with van der Waals surface area (Å²) in [6.07, 6.45) is 1.47. The van der Waals surface area contributed by atoms with Gasteiger partial charge in [0.25, 0.3) is 5.56 Å². The Morgan fingerprint density at radius 1 is 1.28 bits per heavy atom. The van der Waals surface area contributed by atoms with E-state index in [0.717, 1.165) is 33.4 Å². The van der Waals surface area contributed by atoms with Gasteiger partial charge in [-0.3, -0.25) is 14.2 Å². The number of thiazole rings is 1. The molecule has 0 saturated carbocycles. The van der Waals surface area contributed by atoms with Crippen molar-refractivity contribution in [3.8, 4) is 0 Å². The number of aromatic nitrogens is 2. The molecule has 0 bridgehead atoms. The lowest BCUT2D eigenvalue weighted by atomic mass is 10.1. The molecule has 2 heterocycles. The first-order valence-corrected chi connectivity index (χ1v) is 9.78. The Hall–Kier alpha value is -3.26. The molecule has 0 aliphatic heterocycles. The van der Waals surface area contributed by atoms with E-state index in [1.165, 1.54) is 16.7 Å². The molecule has 0 aliphatic carbocycles. The minimum atomic E-state index is -0.517. The Morgan fingerprint density at radius 2 is 2.03 bits per heavy atom. The van der Waals surface area contributed by atoms with E-state index in [9.17, 15) is 14.4 Å². The molecule has 0 radical (unpaired) electrons. The van der Waals surface area contributed by atoms with Gasteiger partial charge in [-0.05, 0) is 31.9 Å². The number of hydrogen-bond donors (Lipinski definition) is 1. The molecule has 8 heteroatoms. The third-order valence-electron chi connectivity index (χ3n) is 4.40. The fraction of sp³-hybridized carbons (Fsp3) is 0.238. The summed E-state index contributed by atoms with van der Waals surface area (Å²) >= 11 is 1.03. The van der Waals surface area contributed by atoms with E-state index in [1.807, 2.05) is 32.0 Å². The van der Waals surface area contributed by atoms with Crippen LogP contribution in [0, 0.1) is 20.8 Å². The van der Waals surface area contributed by atoms with Gasteiger partial charge in [-0.25, -0.2) is 9.78 Å². The highest BCUT2D eigenvalue weighted by Gasteiger charge is 2.18. The van der Waals surface area contributed by atoms with Crippen molar-refractivity contribution in [2.45, 2.75) is 27.3 Å². The number of anilines is 1. The van der Waals surface area contributed by atoms with Crippen LogP contribution < -0.4 is 10.9 Å². The van der Waals surface area contributed by atoms with Crippen LogP contribution in [0.4, 0.5) is 5.13 Å². The highest BCUT2D eigenvalue weighted by Crippen LogP contribution is 2.24. The molecule has 1 aromatic carbocycles. The van der Waals surface area contributed by atoms with E-state index in [2.05, 4.69) is 16.9 Å². The predicted octanol–water partition coefficient (Wildman–Crippen LogP) is 3.36. The van der Waals surface area contributed by atoms with Crippen LogP contribution in [0.5, 0.6) is 0 Å². The largest absolute Gasteiger partial charge is 0.457 e. The van der Waals surface area contributed by atoms with Crippen molar-refractivity contribution in [1.29, 1.82) is 0 Å². The molecule has 29 heavy (non-hydrogen) atoms. The van der Waals surface area contributed by atoms with Gasteiger partial charge in [-0.1, -0.05) is 42.2 Å². The maximum absolute atomic E-state index is 12.6. The van der Waals surface area contributed by atoms with Crippen molar-refractivity contribution >= 4 is 39.2 Å². The molecule has 0 unspecified atom stereocenters. The number of hydrogen-bond acceptors (Lipinski definition) is 6. The third-order valence-corrected chi connectivity index (χ3v) is 5.45. The summed E-state index contributed by atoms with van der Waals surface area (Å²) in [5.41, 5.74) is 2.73. The van der Waals surface area contributed by atoms with Crippen LogP contribution in [-0.2, 0) is 16.1 Å². The molecule has 3 rings (SSSR count). The quantitative estimate of drug-likeness (QED) is 0.496. The fourth-order valence-corrected chi connectivity index (χ4v) is 3.96. The van der Waals surface area contributed by atoms with Crippen molar-refractivity contribution in [2.75, 3.05) is 11.9 Å². The lowest BCUT2D eigenvalue weighted by Crippen LogP contribution is -2.28. The molecule has 2 aromatic heterocycles. The summed E-state index contributed by atoms with van der Waals surface area (Å²) in [5, 5.41) is 3.87. The molecular formula is C21H21N3O4S. The van der Waals surface area contributed by atoms with Crippen LogP contribution in [0.15, 0.2) is 41.7 Å². The van der Waals surface area contributed by atoms with Gasteiger partial charge >= 0.3 is 5.97 Å². The molecule has 0 spiro atoms. The number of carbonyl (C=O) groups excluding carboxylic acids is 2. The maximum atomic E-state index is 12.6. The first-order valence-electron chi connectivity index (χ1n) is 8.97. The van der Waals surface area contributed by atoms with E-state index in [-0.39, 0.29) is 23.8 Å². The summed E-state index contributed by atoms with van der Waals surface area (Å²) in [7, 11) is 0. The Kier molecular flexibility index (Phi) is 5.93. The number of nitrogens with one attached hydrogen (secondary N) is 1. The number of ether oxygens (including phenoxy) is 1. The van der Waals surface area contributed by atoms with Gasteiger partial charge in [-0.15, -0.1) is 0 Å². The average molecular weight is 411 g/mol. The number of nitrogens with zero attached hydrogens (tertiary/aromatic N) is 2. The van der Waals surface area contributed by atoms with E-state index in [4.69, 9.17) is 4.74 Å². The molecule has 0 saturated heterocycles. The van der Waals surface area contributed by atoms with Crippen molar-refractivity contribution in [3.63, 3.8) is 0 Å². The molecular weight excluding hydrogens is 390 g/mol. The van der Waals surface area contributed by atoms with E-state index in [0.29, 0.717) is 10.6 Å². The zero-order valence-corrected chi connectivity index (χ0v) is 17.3. The van der Waals surface area contributed by atoms with Gasteiger partial charge in [-0.2, -0.15) is 0 Å². The summed E-state index contributed by atoms with van der Waals surface area (Å²) in [5.74, 6) is -0.919. The van der Waals surface area contributed by atoms with E-state index in [1.54, 1.807) is 6.92 Å². The highest BCUT2D eigenvalue weighted by atomic mass is 32.1. The summed E-state index contributed by atoms with van der Waals surface area (Å²) in [6, 6.07) is 7.28. The number of amides is 1. The van der Waals surface area contributed by atoms with Crippen LogP contribution in [0.3, 0.4) is 0 Å². The first-order chi connectivity index (χ1) is 13.8.